The van der Waals surface area contributed by atoms with Gasteiger partial charge in [0.2, 0.25) is 0 Å². The molecule has 6 nitrogen and oxygen atoms in total. The van der Waals surface area contributed by atoms with Gasteiger partial charge < -0.3 is 20.5 Å². The summed E-state index contributed by atoms with van der Waals surface area (Å²) >= 11 is 6.13. The van der Waals surface area contributed by atoms with Gasteiger partial charge in [0.05, 0.1) is 12.7 Å². The number of carbonyl (C=O) groups excluding carboxylic acids is 1. The van der Waals surface area contributed by atoms with Crippen LogP contribution in [-0.4, -0.2) is 25.5 Å². The Bertz CT molecular complexity index is 874. The normalized spacial score (nSPS) is 11.3. The van der Waals surface area contributed by atoms with E-state index in [0.717, 1.165) is 12.1 Å². The van der Waals surface area contributed by atoms with Crippen molar-refractivity contribution in [3.05, 3.63) is 63.7 Å². The number of methoxy groups -OCH3 is 1. The van der Waals surface area contributed by atoms with Crippen LogP contribution in [0.4, 0.5) is 8.78 Å². The average molecular weight is 448 g/mol. The third-order valence-electron chi connectivity index (χ3n) is 3.94. The van der Waals surface area contributed by atoms with E-state index in [9.17, 15) is 13.6 Å². The Hall–Kier alpha value is -2.42. The number of nitrogens with two attached hydrogens (primary N) is 1. The first kappa shape index (κ1) is 24.6. The van der Waals surface area contributed by atoms with Crippen molar-refractivity contribution >= 4 is 35.8 Å². The van der Waals surface area contributed by atoms with Gasteiger partial charge in [0, 0.05) is 35.9 Å². The van der Waals surface area contributed by atoms with Crippen molar-refractivity contribution in [2.75, 3.05) is 13.7 Å². The number of halogens is 4. The molecule has 1 amide bonds. The van der Waals surface area contributed by atoms with Gasteiger partial charge in [-0.3, -0.25) is 10.2 Å². The molecule has 0 spiro atoms. The minimum Gasteiger partial charge on any atom is -0.497 e. The highest BCUT2D eigenvalue weighted by atomic mass is 35.5. The van der Waals surface area contributed by atoms with Crippen LogP contribution in [0.1, 0.15) is 29.7 Å². The Morgan fingerprint density at radius 3 is 2.38 bits per heavy atom. The van der Waals surface area contributed by atoms with E-state index in [1.807, 2.05) is 0 Å². The maximum Gasteiger partial charge on any atom is 0.254 e. The van der Waals surface area contributed by atoms with Gasteiger partial charge in [0.1, 0.15) is 23.2 Å². The lowest BCUT2D eigenvalue weighted by atomic mass is 10.1. The highest BCUT2D eigenvalue weighted by Gasteiger charge is 2.28. The summed E-state index contributed by atoms with van der Waals surface area (Å²) in [6.07, 6.45) is -1.48. The molecular formula is C19H21Cl2F2N3O3. The first-order valence-corrected chi connectivity index (χ1v) is 8.71. The van der Waals surface area contributed by atoms with Gasteiger partial charge in [-0.05, 0) is 18.6 Å². The molecule has 0 saturated carbocycles. The van der Waals surface area contributed by atoms with E-state index >= 15 is 0 Å². The summed E-state index contributed by atoms with van der Waals surface area (Å²) in [7, 11) is 1.28. The van der Waals surface area contributed by atoms with Crippen molar-refractivity contribution in [1.82, 2.24) is 5.32 Å². The van der Waals surface area contributed by atoms with Gasteiger partial charge in [-0.15, -0.1) is 12.4 Å². The second-order valence-corrected chi connectivity index (χ2v) is 6.18. The van der Waals surface area contributed by atoms with E-state index in [2.05, 4.69) is 5.32 Å². The van der Waals surface area contributed by atoms with Crippen LogP contribution in [0.15, 0.2) is 30.3 Å². The summed E-state index contributed by atoms with van der Waals surface area (Å²) in [5.41, 5.74) is 5.88. The quantitative estimate of drug-likeness (QED) is 0.424. The van der Waals surface area contributed by atoms with Crippen molar-refractivity contribution in [3.8, 4) is 5.75 Å². The number of hydrogen-bond donors (Lipinski definition) is 3. The van der Waals surface area contributed by atoms with Gasteiger partial charge in [-0.25, -0.2) is 8.78 Å². The molecule has 1 unspecified atom stereocenters. The zero-order chi connectivity index (χ0) is 20.8. The number of hydrogen-bond acceptors (Lipinski definition) is 4. The fraction of sp³-hybridized carbons (Fsp3) is 0.263. The lowest BCUT2D eigenvalue weighted by Crippen LogP contribution is -2.31. The molecule has 10 heteroatoms. The van der Waals surface area contributed by atoms with Crippen LogP contribution in [0.5, 0.6) is 5.75 Å². The molecule has 2 aromatic rings. The van der Waals surface area contributed by atoms with Crippen molar-refractivity contribution in [1.29, 1.82) is 5.41 Å². The Kier molecular flexibility index (Phi) is 9.29. The van der Waals surface area contributed by atoms with E-state index in [4.69, 9.17) is 32.2 Å². The molecule has 0 saturated heterocycles. The highest BCUT2D eigenvalue weighted by Crippen LogP contribution is 2.28. The summed E-state index contributed by atoms with van der Waals surface area (Å²) < 4.78 is 38.8. The van der Waals surface area contributed by atoms with Crippen molar-refractivity contribution in [3.63, 3.8) is 0 Å². The molecule has 0 bridgehead atoms. The van der Waals surface area contributed by atoms with Crippen LogP contribution in [0.25, 0.3) is 0 Å². The van der Waals surface area contributed by atoms with E-state index < -0.39 is 29.2 Å². The van der Waals surface area contributed by atoms with Crippen LogP contribution >= 0.6 is 24.0 Å². The lowest BCUT2D eigenvalue weighted by Gasteiger charge is -2.19. The number of amides is 1. The van der Waals surface area contributed by atoms with E-state index in [1.165, 1.54) is 13.2 Å². The number of amidine groups is 1. The third-order valence-corrected chi connectivity index (χ3v) is 4.29. The smallest absolute Gasteiger partial charge is 0.254 e. The summed E-state index contributed by atoms with van der Waals surface area (Å²) in [6, 6.07) is 6.64. The number of carbonyl (C=O) groups is 1. The van der Waals surface area contributed by atoms with Gasteiger partial charge in [0.15, 0.2) is 6.10 Å². The molecule has 0 aliphatic carbocycles. The molecule has 0 aliphatic heterocycles. The fourth-order valence-corrected chi connectivity index (χ4v) is 2.77. The molecular weight excluding hydrogens is 427 g/mol. The zero-order valence-corrected chi connectivity index (χ0v) is 17.3. The molecule has 1 atom stereocenters. The molecule has 29 heavy (non-hydrogen) atoms. The number of ether oxygens (including phenoxy) is 2. The Labute approximate surface area is 178 Å². The van der Waals surface area contributed by atoms with E-state index in [1.54, 1.807) is 19.1 Å². The van der Waals surface area contributed by atoms with E-state index in [0.29, 0.717) is 16.1 Å². The maximum atomic E-state index is 14.3. The standard InChI is InChI=1S/C19H20ClF2N3O3.ClH/c1-3-28-17(16-14(21)7-12(27-2)8-15(16)22)19(26)25-9-11-5-4-10(18(23)24)6-13(11)20;/h4-8,17H,3,9H2,1-2H3,(H3,23,24)(H,25,26);1H. The highest BCUT2D eigenvalue weighted by molar-refractivity contribution is 6.31. The van der Waals surface area contributed by atoms with Crippen LogP contribution < -0.4 is 15.8 Å². The molecule has 0 fully saturated rings. The summed E-state index contributed by atoms with van der Waals surface area (Å²) in [4.78, 5) is 12.6. The largest absolute Gasteiger partial charge is 0.497 e. The predicted octanol–water partition coefficient (Wildman–Crippen LogP) is 3.73. The first-order valence-electron chi connectivity index (χ1n) is 8.33. The average Bonchev–Trinajstić information content (AvgIpc) is 2.65. The zero-order valence-electron chi connectivity index (χ0n) is 15.7. The van der Waals surface area contributed by atoms with Crippen molar-refractivity contribution in [2.45, 2.75) is 19.6 Å². The molecule has 4 N–H and O–H groups in total. The molecule has 2 rings (SSSR count). The van der Waals surface area contributed by atoms with E-state index in [-0.39, 0.29) is 37.1 Å². The minimum absolute atomic E-state index is 0. The monoisotopic (exact) mass is 447 g/mol. The van der Waals surface area contributed by atoms with Crippen molar-refractivity contribution in [2.24, 2.45) is 5.73 Å². The third kappa shape index (κ3) is 6.03. The lowest BCUT2D eigenvalue weighted by molar-refractivity contribution is -0.133. The fourth-order valence-electron chi connectivity index (χ4n) is 2.52. The molecule has 0 heterocycles. The number of nitrogen functional groups attached to an aromatic ring is 1. The predicted molar refractivity (Wildman–Crippen MR) is 109 cm³/mol. The van der Waals surface area contributed by atoms with Crippen LogP contribution in [0.3, 0.4) is 0 Å². The minimum atomic E-state index is -1.48. The van der Waals surface area contributed by atoms with Gasteiger partial charge in [-0.2, -0.15) is 0 Å². The molecule has 2 aromatic carbocycles. The topological polar surface area (TPSA) is 97.4 Å². The Morgan fingerprint density at radius 2 is 1.90 bits per heavy atom. The Morgan fingerprint density at radius 1 is 1.28 bits per heavy atom. The molecule has 0 aromatic heterocycles. The second-order valence-electron chi connectivity index (χ2n) is 5.78. The number of nitrogens with one attached hydrogen (secondary N) is 2. The molecule has 158 valence electrons. The molecule has 0 radical (unpaired) electrons. The number of rotatable bonds is 8. The molecule has 0 aliphatic rings. The summed E-state index contributed by atoms with van der Waals surface area (Å²) in [5, 5.41) is 10.2. The van der Waals surface area contributed by atoms with Gasteiger partial charge in [0.25, 0.3) is 5.91 Å². The summed E-state index contributed by atoms with van der Waals surface area (Å²) in [5.74, 6) is -2.77. The first-order chi connectivity index (χ1) is 13.3. The van der Waals surface area contributed by atoms with Crippen LogP contribution in [-0.2, 0) is 16.1 Å². The SMILES string of the molecule is CCOC(C(=O)NCc1ccc(C(=N)N)cc1Cl)c1c(F)cc(OC)cc1F.Cl. The second kappa shape index (κ2) is 10.9. The summed E-state index contributed by atoms with van der Waals surface area (Å²) in [6.45, 7) is 1.67. The van der Waals surface area contributed by atoms with Crippen molar-refractivity contribution < 1.29 is 23.0 Å². The van der Waals surface area contributed by atoms with Crippen LogP contribution in [0.2, 0.25) is 5.02 Å². The maximum absolute atomic E-state index is 14.3. The van der Waals surface area contributed by atoms with Gasteiger partial charge in [-0.1, -0.05) is 23.7 Å². The number of benzene rings is 2. The van der Waals surface area contributed by atoms with Crippen LogP contribution in [0, 0.1) is 17.0 Å². The Balaban J connectivity index is 0.00000420. The van der Waals surface area contributed by atoms with Gasteiger partial charge >= 0.3 is 0 Å².